The summed E-state index contributed by atoms with van der Waals surface area (Å²) in [7, 11) is 1.59. The molecule has 1 saturated heterocycles. The number of pyridine rings is 1. The normalized spacial score (nSPS) is 16.6. The molecule has 0 aliphatic carbocycles. The van der Waals surface area contributed by atoms with E-state index < -0.39 is 0 Å². The fraction of sp³-hybridized carbons (Fsp3) is 0.333. The van der Waals surface area contributed by atoms with E-state index in [0.717, 1.165) is 12.0 Å². The van der Waals surface area contributed by atoms with E-state index in [1.807, 2.05) is 36.4 Å². The number of hydrogen-bond acceptors (Lipinski definition) is 5. The Labute approximate surface area is 140 Å². The van der Waals surface area contributed by atoms with Gasteiger partial charge in [-0.3, -0.25) is 4.79 Å². The molecular formula is C18H20N2O4. The number of methoxy groups -OCH3 is 1. The topological polar surface area (TPSA) is 69.7 Å². The number of amides is 1. The van der Waals surface area contributed by atoms with Gasteiger partial charge in [-0.25, -0.2) is 4.98 Å². The summed E-state index contributed by atoms with van der Waals surface area (Å²) in [6, 6.07) is 11.1. The van der Waals surface area contributed by atoms with Gasteiger partial charge in [0.1, 0.15) is 0 Å². The van der Waals surface area contributed by atoms with Crippen molar-refractivity contribution < 1.29 is 19.0 Å². The molecular weight excluding hydrogens is 308 g/mol. The zero-order chi connectivity index (χ0) is 16.8. The first-order valence-electron chi connectivity index (χ1n) is 7.88. The molecule has 1 aromatic heterocycles. The second kappa shape index (κ2) is 7.79. The maximum absolute atomic E-state index is 12.1. The van der Waals surface area contributed by atoms with Crippen molar-refractivity contribution in [2.75, 3.05) is 20.3 Å². The molecule has 3 rings (SSSR count). The second-order valence-corrected chi connectivity index (χ2v) is 5.50. The predicted octanol–water partition coefficient (Wildman–Crippen LogP) is 2.54. The average Bonchev–Trinajstić information content (AvgIpc) is 3.16. The van der Waals surface area contributed by atoms with Crippen LogP contribution in [0.25, 0.3) is 0 Å². The number of hydrogen-bond donors (Lipinski definition) is 1. The van der Waals surface area contributed by atoms with E-state index in [-0.39, 0.29) is 11.8 Å². The van der Waals surface area contributed by atoms with Crippen molar-refractivity contribution in [2.24, 2.45) is 5.92 Å². The van der Waals surface area contributed by atoms with Crippen molar-refractivity contribution in [2.45, 2.75) is 13.0 Å². The zero-order valence-electron chi connectivity index (χ0n) is 13.5. The van der Waals surface area contributed by atoms with Crippen molar-refractivity contribution in [3.8, 4) is 17.4 Å². The monoisotopic (exact) mass is 328 g/mol. The van der Waals surface area contributed by atoms with E-state index in [4.69, 9.17) is 14.2 Å². The summed E-state index contributed by atoms with van der Waals surface area (Å²) in [5.74, 6) is 1.58. The minimum Gasteiger partial charge on any atom is -0.493 e. The molecule has 1 atom stereocenters. The van der Waals surface area contributed by atoms with Gasteiger partial charge in [0.15, 0.2) is 11.5 Å². The van der Waals surface area contributed by atoms with Crippen LogP contribution in [0.15, 0.2) is 42.6 Å². The number of aromatic nitrogens is 1. The van der Waals surface area contributed by atoms with Crippen LogP contribution < -0.4 is 14.8 Å². The number of carbonyl (C=O) groups is 1. The summed E-state index contributed by atoms with van der Waals surface area (Å²) >= 11 is 0. The molecule has 1 fully saturated rings. The lowest BCUT2D eigenvalue weighted by Crippen LogP contribution is -2.30. The van der Waals surface area contributed by atoms with Crippen LogP contribution in [-0.2, 0) is 16.1 Å². The van der Waals surface area contributed by atoms with Crippen molar-refractivity contribution >= 4 is 5.91 Å². The largest absolute Gasteiger partial charge is 0.493 e. The van der Waals surface area contributed by atoms with Crippen molar-refractivity contribution in [3.63, 3.8) is 0 Å². The predicted molar refractivity (Wildman–Crippen MR) is 88.1 cm³/mol. The van der Waals surface area contributed by atoms with E-state index in [2.05, 4.69) is 10.3 Å². The molecule has 6 nitrogen and oxygen atoms in total. The number of para-hydroxylation sites is 2. The number of rotatable bonds is 6. The maximum Gasteiger partial charge on any atom is 0.225 e. The quantitative estimate of drug-likeness (QED) is 0.882. The van der Waals surface area contributed by atoms with Gasteiger partial charge in [0.2, 0.25) is 11.8 Å². The summed E-state index contributed by atoms with van der Waals surface area (Å²) in [5.41, 5.74) is 0.802. The first-order valence-corrected chi connectivity index (χ1v) is 7.88. The minimum atomic E-state index is -0.0692. The molecule has 1 unspecified atom stereocenters. The lowest BCUT2D eigenvalue weighted by Gasteiger charge is -2.14. The Morgan fingerprint density at radius 2 is 2.12 bits per heavy atom. The Kier molecular flexibility index (Phi) is 5.28. The Hall–Kier alpha value is -2.60. The number of ether oxygens (including phenoxy) is 3. The van der Waals surface area contributed by atoms with Gasteiger partial charge in [0, 0.05) is 24.9 Å². The van der Waals surface area contributed by atoms with E-state index >= 15 is 0 Å². The van der Waals surface area contributed by atoms with Gasteiger partial charge in [-0.15, -0.1) is 0 Å². The van der Waals surface area contributed by atoms with Crippen LogP contribution in [0.1, 0.15) is 12.0 Å². The smallest absolute Gasteiger partial charge is 0.225 e. The number of nitrogens with one attached hydrogen (secondary N) is 1. The van der Waals surface area contributed by atoms with Gasteiger partial charge >= 0.3 is 0 Å². The van der Waals surface area contributed by atoms with Gasteiger partial charge < -0.3 is 19.5 Å². The van der Waals surface area contributed by atoms with Crippen LogP contribution in [0.5, 0.6) is 17.4 Å². The Morgan fingerprint density at radius 3 is 2.88 bits per heavy atom. The first kappa shape index (κ1) is 16.3. The molecule has 1 N–H and O–H groups in total. The Morgan fingerprint density at radius 1 is 1.29 bits per heavy atom. The third-order valence-electron chi connectivity index (χ3n) is 3.88. The SMILES string of the molecule is COc1ccccc1Oc1ncccc1CNC(=O)C1CCOC1. The highest BCUT2D eigenvalue weighted by Crippen LogP contribution is 2.31. The second-order valence-electron chi connectivity index (χ2n) is 5.50. The first-order chi connectivity index (χ1) is 11.8. The third kappa shape index (κ3) is 3.83. The van der Waals surface area contributed by atoms with Crippen LogP contribution in [-0.4, -0.2) is 31.2 Å². The van der Waals surface area contributed by atoms with Gasteiger partial charge in [-0.2, -0.15) is 0 Å². The van der Waals surface area contributed by atoms with Crippen LogP contribution in [0.4, 0.5) is 0 Å². The summed E-state index contributed by atoms with van der Waals surface area (Å²) in [6.45, 7) is 1.49. The van der Waals surface area contributed by atoms with Gasteiger partial charge in [-0.05, 0) is 24.6 Å². The minimum absolute atomic E-state index is 0.000375. The van der Waals surface area contributed by atoms with E-state index in [0.29, 0.717) is 37.1 Å². The lowest BCUT2D eigenvalue weighted by atomic mass is 10.1. The summed E-state index contributed by atoms with van der Waals surface area (Å²) in [6.07, 6.45) is 2.42. The Bertz CT molecular complexity index is 699. The zero-order valence-corrected chi connectivity index (χ0v) is 13.5. The maximum atomic E-state index is 12.1. The molecule has 24 heavy (non-hydrogen) atoms. The Balaban J connectivity index is 1.69. The van der Waals surface area contributed by atoms with E-state index in [1.54, 1.807) is 13.3 Å². The highest BCUT2D eigenvalue weighted by molar-refractivity contribution is 5.79. The van der Waals surface area contributed by atoms with Crippen molar-refractivity contribution in [1.29, 1.82) is 0 Å². The molecule has 1 amide bonds. The molecule has 2 heterocycles. The lowest BCUT2D eigenvalue weighted by molar-refractivity contribution is -0.125. The van der Waals surface area contributed by atoms with Crippen molar-refractivity contribution in [1.82, 2.24) is 10.3 Å². The summed E-state index contributed by atoms with van der Waals surface area (Å²) < 4.78 is 16.4. The molecule has 126 valence electrons. The van der Waals surface area contributed by atoms with E-state index in [9.17, 15) is 4.79 Å². The van der Waals surface area contributed by atoms with E-state index in [1.165, 1.54) is 0 Å². The molecule has 2 aromatic rings. The number of nitrogens with zero attached hydrogens (tertiary/aromatic N) is 1. The fourth-order valence-corrected chi connectivity index (χ4v) is 2.53. The summed E-state index contributed by atoms with van der Waals surface area (Å²) in [4.78, 5) is 16.4. The standard InChI is InChI=1S/C18H20N2O4/c1-22-15-6-2-3-7-16(15)24-18-13(5-4-9-19-18)11-20-17(21)14-8-10-23-12-14/h2-7,9,14H,8,10-12H2,1H3,(H,20,21). The highest BCUT2D eigenvalue weighted by Gasteiger charge is 2.23. The molecule has 0 spiro atoms. The molecule has 0 radical (unpaired) electrons. The molecule has 1 aliphatic heterocycles. The molecule has 0 bridgehead atoms. The number of benzene rings is 1. The molecule has 0 saturated carbocycles. The highest BCUT2D eigenvalue weighted by atomic mass is 16.5. The number of carbonyl (C=O) groups excluding carboxylic acids is 1. The van der Waals surface area contributed by atoms with Crippen LogP contribution in [0.3, 0.4) is 0 Å². The fourth-order valence-electron chi connectivity index (χ4n) is 2.53. The van der Waals surface area contributed by atoms with Crippen molar-refractivity contribution in [3.05, 3.63) is 48.2 Å². The average molecular weight is 328 g/mol. The molecule has 1 aliphatic rings. The van der Waals surface area contributed by atoms with Crippen LogP contribution in [0, 0.1) is 5.92 Å². The van der Waals surface area contributed by atoms with Gasteiger partial charge in [0.25, 0.3) is 0 Å². The molecule has 6 heteroatoms. The third-order valence-corrected chi connectivity index (χ3v) is 3.88. The van der Waals surface area contributed by atoms with Gasteiger partial charge in [0.05, 0.1) is 19.6 Å². The van der Waals surface area contributed by atoms with Gasteiger partial charge in [-0.1, -0.05) is 18.2 Å². The molecule has 1 aromatic carbocycles. The van der Waals surface area contributed by atoms with Crippen LogP contribution in [0.2, 0.25) is 0 Å². The van der Waals surface area contributed by atoms with Crippen LogP contribution >= 0.6 is 0 Å². The summed E-state index contributed by atoms with van der Waals surface area (Å²) in [5, 5.41) is 2.93.